The number of hydrazine groups is 1. The number of rotatable bonds is 9. The topological polar surface area (TPSA) is 77.8 Å². The monoisotopic (exact) mass is 400 g/mol. The molecule has 0 unspecified atom stereocenters. The van der Waals surface area contributed by atoms with E-state index in [1.165, 1.54) is 0 Å². The third-order valence-electron chi connectivity index (χ3n) is 4.87. The molecule has 0 saturated heterocycles. The Morgan fingerprint density at radius 1 is 0.897 bits per heavy atom. The largest absolute Gasteiger partial charge is 0.454 e. The molecule has 0 saturated carbocycles. The minimum atomic E-state index is -0.488. The SMILES string of the molecule is CCN(CC)Cc1ccc(C(=O)NNC(=O)c2ccc(N(CC)C(C)C)cc2)o1. The smallest absolute Gasteiger partial charge is 0.305 e. The Labute approximate surface area is 173 Å². The van der Waals surface area contributed by atoms with E-state index in [1.807, 2.05) is 12.1 Å². The molecule has 158 valence electrons. The summed E-state index contributed by atoms with van der Waals surface area (Å²) < 4.78 is 5.58. The molecule has 1 aromatic heterocycles. The van der Waals surface area contributed by atoms with Crippen molar-refractivity contribution in [3.63, 3.8) is 0 Å². The van der Waals surface area contributed by atoms with Crippen molar-refractivity contribution >= 4 is 17.5 Å². The summed E-state index contributed by atoms with van der Waals surface area (Å²) in [6.07, 6.45) is 0. The van der Waals surface area contributed by atoms with Crippen LogP contribution >= 0.6 is 0 Å². The van der Waals surface area contributed by atoms with E-state index in [1.54, 1.807) is 24.3 Å². The van der Waals surface area contributed by atoms with Gasteiger partial charge in [0.05, 0.1) is 6.54 Å². The van der Waals surface area contributed by atoms with Crippen LogP contribution in [0.15, 0.2) is 40.8 Å². The summed E-state index contributed by atoms with van der Waals surface area (Å²) in [6.45, 7) is 13.8. The highest BCUT2D eigenvalue weighted by atomic mass is 16.4. The van der Waals surface area contributed by atoms with Crippen molar-refractivity contribution in [2.75, 3.05) is 24.5 Å². The van der Waals surface area contributed by atoms with Gasteiger partial charge < -0.3 is 9.32 Å². The van der Waals surface area contributed by atoms with Gasteiger partial charge in [-0.05, 0) is 70.3 Å². The maximum atomic E-state index is 12.3. The molecule has 2 aromatic rings. The minimum absolute atomic E-state index is 0.165. The van der Waals surface area contributed by atoms with E-state index in [0.717, 1.165) is 25.3 Å². The minimum Gasteiger partial charge on any atom is -0.454 e. The molecule has 0 aliphatic heterocycles. The standard InChI is InChI=1S/C22H32N4O3/c1-6-25(7-2)15-19-13-14-20(29-19)22(28)24-23-21(27)17-9-11-18(12-10-17)26(8-3)16(4)5/h9-14,16H,6-8,15H2,1-5H3,(H,23,27)(H,24,28). The average molecular weight is 401 g/mol. The average Bonchev–Trinajstić information content (AvgIpc) is 3.19. The Morgan fingerprint density at radius 2 is 1.52 bits per heavy atom. The number of carbonyl (C=O) groups is 2. The van der Waals surface area contributed by atoms with Gasteiger partial charge in [0.2, 0.25) is 0 Å². The van der Waals surface area contributed by atoms with E-state index in [4.69, 9.17) is 4.42 Å². The summed E-state index contributed by atoms with van der Waals surface area (Å²) in [6, 6.07) is 11.1. The predicted molar refractivity (Wildman–Crippen MR) is 115 cm³/mol. The van der Waals surface area contributed by atoms with Crippen LogP contribution in [-0.4, -0.2) is 42.4 Å². The highest BCUT2D eigenvalue weighted by molar-refractivity contribution is 5.98. The molecular formula is C22H32N4O3. The molecule has 0 aliphatic rings. The number of furan rings is 1. The molecule has 7 heteroatoms. The van der Waals surface area contributed by atoms with Crippen LogP contribution in [0.5, 0.6) is 0 Å². The molecule has 2 amide bonds. The molecule has 2 N–H and O–H groups in total. The molecule has 2 rings (SSSR count). The third-order valence-corrected chi connectivity index (χ3v) is 4.87. The quantitative estimate of drug-likeness (QED) is 0.631. The zero-order chi connectivity index (χ0) is 21.4. The van der Waals surface area contributed by atoms with Crippen LogP contribution in [0.3, 0.4) is 0 Å². The lowest BCUT2D eigenvalue weighted by molar-refractivity contribution is 0.0829. The first-order valence-electron chi connectivity index (χ1n) is 10.2. The Morgan fingerprint density at radius 3 is 2.07 bits per heavy atom. The summed E-state index contributed by atoms with van der Waals surface area (Å²) in [7, 11) is 0. The summed E-state index contributed by atoms with van der Waals surface area (Å²) >= 11 is 0. The summed E-state index contributed by atoms with van der Waals surface area (Å²) in [5, 5.41) is 0. The number of anilines is 1. The number of hydrogen-bond donors (Lipinski definition) is 2. The zero-order valence-electron chi connectivity index (χ0n) is 18.0. The van der Waals surface area contributed by atoms with Crippen molar-refractivity contribution < 1.29 is 14.0 Å². The van der Waals surface area contributed by atoms with Crippen molar-refractivity contribution in [1.29, 1.82) is 0 Å². The van der Waals surface area contributed by atoms with E-state index in [2.05, 4.69) is 55.3 Å². The molecule has 0 spiro atoms. The van der Waals surface area contributed by atoms with Crippen molar-refractivity contribution in [3.05, 3.63) is 53.5 Å². The second-order valence-corrected chi connectivity index (χ2v) is 7.06. The summed E-state index contributed by atoms with van der Waals surface area (Å²) in [4.78, 5) is 29.0. The Bertz CT molecular complexity index is 795. The molecule has 1 aromatic carbocycles. The van der Waals surface area contributed by atoms with E-state index >= 15 is 0 Å². The Kier molecular flexibility index (Phi) is 8.27. The van der Waals surface area contributed by atoms with Crippen LogP contribution in [0.2, 0.25) is 0 Å². The first kappa shape index (κ1) is 22.5. The van der Waals surface area contributed by atoms with Crippen molar-refractivity contribution in [2.24, 2.45) is 0 Å². The second kappa shape index (κ2) is 10.7. The molecule has 0 bridgehead atoms. The van der Waals surface area contributed by atoms with Gasteiger partial charge in [0.1, 0.15) is 5.76 Å². The number of nitrogens with zero attached hydrogens (tertiary/aromatic N) is 2. The molecule has 1 heterocycles. The van der Waals surface area contributed by atoms with E-state index in [0.29, 0.717) is 23.9 Å². The fourth-order valence-electron chi connectivity index (χ4n) is 3.15. The molecule has 7 nitrogen and oxygen atoms in total. The summed E-state index contributed by atoms with van der Waals surface area (Å²) in [5.74, 6) is 0.00914. The number of hydrogen-bond acceptors (Lipinski definition) is 5. The van der Waals surface area contributed by atoms with E-state index in [-0.39, 0.29) is 11.7 Å². The van der Waals surface area contributed by atoms with Crippen LogP contribution in [0.25, 0.3) is 0 Å². The van der Waals surface area contributed by atoms with Gasteiger partial charge in [-0.25, -0.2) is 0 Å². The first-order chi connectivity index (χ1) is 13.9. The van der Waals surface area contributed by atoms with Gasteiger partial charge in [-0.2, -0.15) is 0 Å². The van der Waals surface area contributed by atoms with Crippen molar-refractivity contribution in [1.82, 2.24) is 15.8 Å². The number of amides is 2. The van der Waals surface area contributed by atoms with Crippen LogP contribution in [0, 0.1) is 0 Å². The molecule has 0 radical (unpaired) electrons. The van der Waals surface area contributed by atoms with Gasteiger partial charge >= 0.3 is 5.91 Å². The second-order valence-electron chi connectivity index (χ2n) is 7.06. The molecule has 29 heavy (non-hydrogen) atoms. The van der Waals surface area contributed by atoms with Crippen LogP contribution in [-0.2, 0) is 6.54 Å². The fourth-order valence-corrected chi connectivity index (χ4v) is 3.15. The maximum absolute atomic E-state index is 12.3. The summed E-state index contributed by atoms with van der Waals surface area (Å²) in [5.41, 5.74) is 6.36. The molecule has 0 fully saturated rings. The van der Waals surface area contributed by atoms with Crippen molar-refractivity contribution in [2.45, 2.75) is 47.2 Å². The van der Waals surface area contributed by atoms with Gasteiger partial charge in [-0.1, -0.05) is 13.8 Å². The van der Waals surface area contributed by atoms with Gasteiger partial charge in [0, 0.05) is 23.8 Å². The van der Waals surface area contributed by atoms with Crippen LogP contribution in [0.4, 0.5) is 5.69 Å². The normalized spacial score (nSPS) is 11.0. The lowest BCUT2D eigenvalue weighted by Gasteiger charge is -2.27. The zero-order valence-corrected chi connectivity index (χ0v) is 18.0. The molecule has 0 atom stereocenters. The van der Waals surface area contributed by atoms with Crippen LogP contribution in [0.1, 0.15) is 61.3 Å². The van der Waals surface area contributed by atoms with Gasteiger partial charge in [0.25, 0.3) is 5.91 Å². The van der Waals surface area contributed by atoms with E-state index < -0.39 is 5.91 Å². The number of benzene rings is 1. The predicted octanol–water partition coefficient (Wildman–Crippen LogP) is 3.43. The molecule has 0 aliphatic carbocycles. The lowest BCUT2D eigenvalue weighted by Crippen LogP contribution is -2.41. The van der Waals surface area contributed by atoms with Gasteiger partial charge in [0.15, 0.2) is 5.76 Å². The highest BCUT2D eigenvalue weighted by Crippen LogP contribution is 2.17. The number of nitrogens with one attached hydrogen (secondary N) is 2. The van der Waals surface area contributed by atoms with Gasteiger partial charge in [-0.3, -0.25) is 25.3 Å². The van der Waals surface area contributed by atoms with Crippen molar-refractivity contribution in [3.8, 4) is 0 Å². The maximum Gasteiger partial charge on any atom is 0.305 e. The van der Waals surface area contributed by atoms with Gasteiger partial charge in [-0.15, -0.1) is 0 Å². The number of carbonyl (C=O) groups excluding carboxylic acids is 2. The van der Waals surface area contributed by atoms with E-state index in [9.17, 15) is 9.59 Å². The Balaban J connectivity index is 1.92. The Hall–Kier alpha value is -2.80. The first-order valence-corrected chi connectivity index (χ1v) is 10.2. The lowest BCUT2D eigenvalue weighted by atomic mass is 10.1. The highest BCUT2D eigenvalue weighted by Gasteiger charge is 2.15. The fraction of sp³-hybridized carbons (Fsp3) is 0.455. The van der Waals surface area contributed by atoms with Crippen LogP contribution < -0.4 is 15.8 Å². The third kappa shape index (κ3) is 6.09. The molecular weight excluding hydrogens is 368 g/mol.